The number of hydrogen-bond donors (Lipinski definition) is 2. The Bertz CT molecular complexity index is 1250. The van der Waals surface area contributed by atoms with Gasteiger partial charge in [0.15, 0.2) is 17.9 Å². The average molecular weight is 453 g/mol. The first-order valence-electron chi connectivity index (χ1n) is 10.4. The molecule has 9 heteroatoms. The summed E-state index contributed by atoms with van der Waals surface area (Å²) in [5.74, 6) is -1.52. The van der Waals surface area contributed by atoms with Crippen molar-refractivity contribution in [1.29, 1.82) is 0 Å². The van der Waals surface area contributed by atoms with E-state index in [1.165, 1.54) is 47.7 Å². The summed E-state index contributed by atoms with van der Waals surface area (Å²) >= 11 is 0. The number of furan rings is 1. The lowest BCUT2D eigenvalue weighted by Gasteiger charge is -2.30. The molecule has 1 amide bonds. The first kappa shape index (κ1) is 21.0. The predicted molar refractivity (Wildman–Crippen MR) is 115 cm³/mol. The van der Waals surface area contributed by atoms with Crippen LogP contribution >= 0.6 is 0 Å². The molecule has 0 fully saturated rings. The minimum absolute atomic E-state index is 0.0475. The molecular weight excluding hydrogens is 433 g/mol. The van der Waals surface area contributed by atoms with Crippen LogP contribution in [0, 0.1) is 17.5 Å². The predicted octanol–water partition coefficient (Wildman–Crippen LogP) is 1.95. The summed E-state index contributed by atoms with van der Waals surface area (Å²) in [6.45, 7) is 0. The van der Waals surface area contributed by atoms with Gasteiger partial charge in [0.1, 0.15) is 29.5 Å². The average Bonchev–Trinajstić information content (AvgIpc) is 3.42. The van der Waals surface area contributed by atoms with Crippen molar-refractivity contribution >= 4 is 23.6 Å². The number of carbonyl (C=O) groups excluding carboxylic acids is 1. The Morgan fingerprint density at radius 3 is 2.52 bits per heavy atom. The first-order valence-corrected chi connectivity index (χ1v) is 10.4. The van der Waals surface area contributed by atoms with Crippen LogP contribution in [-0.2, 0) is 17.6 Å². The van der Waals surface area contributed by atoms with Crippen molar-refractivity contribution in [2.24, 2.45) is 4.99 Å². The molecule has 0 saturated heterocycles. The topological polar surface area (TPSA) is 85.8 Å². The summed E-state index contributed by atoms with van der Waals surface area (Å²) in [4.78, 5) is 22.4. The second-order valence-corrected chi connectivity index (χ2v) is 7.98. The standard InChI is InChI=1S/C24H19F3N4O2/c25-16-6-2-7-17(26)15(16)11-19-23-30-20(10-13-4-3-9-33-13)24(32)31(23)21(12-29-19)14-5-1-8-18(28)22(14)27/h1-9,12,19-21H,10-11,28H2/p+1. The van der Waals surface area contributed by atoms with Gasteiger partial charge in [-0.25, -0.2) is 18.2 Å². The second kappa shape index (κ2) is 8.23. The van der Waals surface area contributed by atoms with Gasteiger partial charge >= 0.3 is 0 Å². The molecule has 3 aromatic rings. The van der Waals surface area contributed by atoms with Gasteiger partial charge in [-0.05, 0) is 30.3 Å². The van der Waals surface area contributed by atoms with Crippen molar-refractivity contribution in [2.45, 2.75) is 31.0 Å². The van der Waals surface area contributed by atoms with E-state index >= 15 is 0 Å². The highest BCUT2D eigenvalue weighted by molar-refractivity contribution is 6.10. The van der Waals surface area contributed by atoms with Gasteiger partial charge in [0.05, 0.1) is 12.0 Å². The lowest BCUT2D eigenvalue weighted by molar-refractivity contribution is -0.483. The van der Waals surface area contributed by atoms with Crippen LogP contribution in [-0.4, -0.2) is 34.9 Å². The van der Waals surface area contributed by atoms with Gasteiger partial charge in [-0.2, -0.15) is 0 Å². The molecule has 3 heterocycles. The van der Waals surface area contributed by atoms with Crippen molar-refractivity contribution < 1.29 is 27.4 Å². The number of benzene rings is 2. The van der Waals surface area contributed by atoms with Gasteiger partial charge in [0.2, 0.25) is 6.04 Å². The number of rotatable bonds is 5. The third-order valence-corrected chi connectivity index (χ3v) is 5.92. The zero-order valence-corrected chi connectivity index (χ0v) is 17.3. The van der Waals surface area contributed by atoms with Crippen molar-refractivity contribution in [3.05, 3.63) is 89.1 Å². The number of nitrogens with one attached hydrogen (secondary N) is 1. The van der Waals surface area contributed by atoms with E-state index in [0.29, 0.717) is 5.76 Å². The molecule has 168 valence electrons. The van der Waals surface area contributed by atoms with Crippen LogP contribution < -0.4 is 10.7 Å². The lowest BCUT2D eigenvalue weighted by atomic mass is 9.98. The number of nitrogens with two attached hydrogens (primary N) is 1. The molecule has 0 bridgehead atoms. The number of nitrogens with zero attached hydrogens (tertiary/aromatic N) is 2. The number of halogens is 3. The van der Waals surface area contributed by atoms with Gasteiger partial charge < -0.3 is 10.2 Å². The first-order chi connectivity index (χ1) is 15.9. The smallest absolute Gasteiger partial charge is 0.254 e. The summed E-state index contributed by atoms with van der Waals surface area (Å²) < 4.78 is 48.9. The number of nitrogen functional groups attached to an aromatic ring is 1. The largest absolute Gasteiger partial charge is 0.469 e. The Morgan fingerprint density at radius 1 is 1.03 bits per heavy atom. The van der Waals surface area contributed by atoms with E-state index < -0.39 is 35.6 Å². The zero-order valence-electron chi connectivity index (χ0n) is 17.3. The Hall–Kier alpha value is -3.88. The third-order valence-electron chi connectivity index (χ3n) is 5.92. The van der Waals surface area contributed by atoms with Crippen molar-refractivity contribution in [3.8, 4) is 0 Å². The van der Waals surface area contributed by atoms with Gasteiger partial charge in [-0.15, -0.1) is 0 Å². The lowest BCUT2D eigenvalue weighted by Crippen LogP contribution is -2.85. The number of amides is 1. The maximum Gasteiger partial charge on any atom is 0.254 e. The SMILES string of the molecule is Nc1cccc(C2C=[NH+]C(Cc3c(F)cccc3F)C3=NC(Cc4ccco4)C(=O)N32)c1F. The maximum atomic E-state index is 14.9. The van der Waals surface area contributed by atoms with Crippen LogP contribution in [0.25, 0.3) is 0 Å². The Kier molecular flexibility index (Phi) is 5.24. The fraction of sp³-hybridized carbons (Fsp3) is 0.208. The quantitative estimate of drug-likeness (QED) is 0.579. The molecule has 3 N–H and O–H groups in total. The zero-order chi connectivity index (χ0) is 23.1. The fourth-order valence-electron chi connectivity index (χ4n) is 4.30. The summed E-state index contributed by atoms with van der Waals surface area (Å²) in [6.07, 6.45) is 3.16. The number of carbonyl (C=O) groups is 1. The molecule has 1 aromatic heterocycles. The molecule has 33 heavy (non-hydrogen) atoms. The van der Waals surface area contributed by atoms with Crippen molar-refractivity contribution in [1.82, 2.24) is 4.90 Å². The number of amidine groups is 1. The van der Waals surface area contributed by atoms with Crippen LogP contribution in [0.2, 0.25) is 0 Å². The number of hydrogen-bond acceptors (Lipinski definition) is 4. The van der Waals surface area contributed by atoms with E-state index in [0.717, 1.165) is 0 Å². The fourth-order valence-corrected chi connectivity index (χ4v) is 4.30. The highest BCUT2D eigenvalue weighted by atomic mass is 19.1. The van der Waals surface area contributed by atoms with E-state index in [9.17, 15) is 18.0 Å². The maximum absolute atomic E-state index is 14.9. The minimum Gasteiger partial charge on any atom is -0.469 e. The molecule has 6 nitrogen and oxygen atoms in total. The van der Waals surface area contributed by atoms with Crippen LogP contribution in [0.1, 0.15) is 22.9 Å². The summed E-state index contributed by atoms with van der Waals surface area (Å²) in [5.41, 5.74) is 5.76. The molecule has 0 aliphatic carbocycles. The summed E-state index contributed by atoms with van der Waals surface area (Å²) in [5, 5.41) is 0. The molecule has 0 radical (unpaired) electrons. The van der Waals surface area contributed by atoms with Gasteiger partial charge in [0, 0.05) is 24.0 Å². The molecule has 2 aliphatic heterocycles. The number of anilines is 1. The Balaban J connectivity index is 1.56. The van der Waals surface area contributed by atoms with Crippen LogP contribution in [0.15, 0.2) is 64.2 Å². The molecule has 3 atom stereocenters. The molecule has 5 rings (SSSR count). The highest BCUT2D eigenvalue weighted by Crippen LogP contribution is 2.31. The Morgan fingerprint density at radius 2 is 1.79 bits per heavy atom. The molecular formula is C24H20F3N4O2+. The van der Waals surface area contributed by atoms with Gasteiger partial charge in [0.25, 0.3) is 5.91 Å². The monoisotopic (exact) mass is 453 g/mol. The number of aliphatic imine (C=N–C) groups is 1. The van der Waals surface area contributed by atoms with Crippen molar-refractivity contribution in [2.75, 3.05) is 5.73 Å². The third kappa shape index (κ3) is 3.69. The summed E-state index contributed by atoms with van der Waals surface area (Å²) in [6, 6.07) is 9.31. The minimum atomic E-state index is -0.830. The van der Waals surface area contributed by atoms with Crippen molar-refractivity contribution in [3.63, 3.8) is 0 Å². The van der Waals surface area contributed by atoms with Gasteiger partial charge in [-0.1, -0.05) is 18.2 Å². The van der Waals surface area contributed by atoms with Crippen LogP contribution in [0.4, 0.5) is 18.9 Å². The van der Waals surface area contributed by atoms with E-state index in [1.54, 1.807) is 18.2 Å². The van der Waals surface area contributed by atoms with E-state index in [2.05, 4.69) is 9.98 Å². The van der Waals surface area contributed by atoms with E-state index in [-0.39, 0.29) is 41.4 Å². The highest BCUT2D eigenvalue weighted by Gasteiger charge is 2.48. The molecule has 2 aliphatic rings. The van der Waals surface area contributed by atoms with Gasteiger partial charge in [-0.3, -0.25) is 14.7 Å². The second-order valence-electron chi connectivity index (χ2n) is 7.98. The van der Waals surface area contributed by atoms with Crippen LogP contribution in [0.5, 0.6) is 0 Å². The van der Waals surface area contributed by atoms with E-state index in [1.807, 2.05) is 0 Å². The molecule has 2 aromatic carbocycles. The Labute approximate surface area is 187 Å². The molecule has 0 spiro atoms. The normalized spacial score (nSPS) is 21.9. The molecule has 0 saturated carbocycles. The summed E-state index contributed by atoms with van der Waals surface area (Å²) in [7, 11) is 0. The molecule has 3 unspecified atom stereocenters. The van der Waals surface area contributed by atoms with Crippen LogP contribution in [0.3, 0.4) is 0 Å². The number of fused-ring (bicyclic) bond motifs is 1. The van der Waals surface area contributed by atoms with E-state index in [4.69, 9.17) is 10.2 Å².